The van der Waals surface area contributed by atoms with Gasteiger partial charge in [0.15, 0.2) is 0 Å². The summed E-state index contributed by atoms with van der Waals surface area (Å²) in [7, 11) is 0. The SMILES string of the molecule is Cc1coc(Sc2nc3ccccn3c2CNC2CC2)n1. The van der Waals surface area contributed by atoms with Crippen molar-refractivity contribution in [3.63, 3.8) is 0 Å². The van der Waals surface area contributed by atoms with E-state index in [1.165, 1.54) is 30.3 Å². The quantitative estimate of drug-likeness (QED) is 0.785. The molecule has 1 fully saturated rings. The molecule has 21 heavy (non-hydrogen) atoms. The smallest absolute Gasteiger partial charge is 0.262 e. The summed E-state index contributed by atoms with van der Waals surface area (Å²) >= 11 is 1.48. The molecule has 4 rings (SSSR count). The monoisotopic (exact) mass is 300 g/mol. The first-order valence-electron chi connectivity index (χ1n) is 7.09. The third kappa shape index (κ3) is 2.69. The van der Waals surface area contributed by atoms with Crippen LogP contribution in [0.15, 0.2) is 45.3 Å². The lowest BCUT2D eigenvalue weighted by molar-refractivity contribution is 0.453. The maximum Gasteiger partial charge on any atom is 0.262 e. The molecular weight excluding hydrogens is 284 g/mol. The minimum atomic E-state index is 0.642. The minimum Gasteiger partial charge on any atom is -0.439 e. The fourth-order valence-electron chi connectivity index (χ4n) is 2.26. The Labute approximate surface area is 126 Å². The molecule has 3 heterocycles. The van der Waals surface area contributed by atoms with Crippen LogP contribution >= 0.6 is 11.8 Å². The van der Waals surface area contributed by atoms with Gasteiger partial charge in [-0.1, -0.05) is 6.07 Å². The predicted octanol–water partition coefficient (Wildman–Crippen LogP) is 3.03. The van der Waals surface area contributed by atoms with Crippen molar-refractivity contribution >= 4 is 17.4 Å². The van der Waals surface area contributed by atoms with E-state index in [2.05, 4.69) is 20.9 Å². The van der Waals surface area contributed by atoms with Gasteiger partial charge in [-0.2, -0.15) is 0 Å². The third-order valence-electron chi connectivity index (χ3n) is 3.51. The molecule has 1 aliphatic carbocycles. The Morgan fingerprint density at radius 2 is 2.29 bits per heavy atom. The topological polar surface area (TPSA) is 55.4 Å². The average molecular weight is 300 g/mol. The van der Waals surface area contributed by atoms with E-state index in [1.54, 1.807) is 6.26 Å². The van der Waals surface area contributed by atoms with Crippen molar-refractivity contribution < 1.29 is 4.42 Å². The van der Waals surface area contributed by atoms with Crippen molar-refractivity contribution in [2.75, 3.05) is 0 Å². The Kier molecular flexibility index (Phi) is 3.20. The lowest BCUT2D eigenvalue weighted by Gasteiger charge is -2.04. The van der Waals surface area contributed by atoms with E-state index in [4.69, 9.17) is 9.40 Å². The zero-order chi connectivity index (χ0) is 14.2. The average Bonchev–Trinajstić information content (AvgIpc) is 3.13. The number of oxazole rings is 1. The van der Waals surface area contributed by atoms with Crippen molar-refractivity contribution in [3.8, 4) is 0 Å². The summed E-state index contributed by atoms with van der Waals surface area (Å²) in [6.45, 7) is 2.74. The first-order chi connectivity index (χ1) is 10.3. The number of nitrogens with zero attached hydrogens (tertiary/aromatic N) is 3. The van der Waals surface area contributed by atoms with E-state index in [-0.39, 0.29) is 0 Å². The Morgan fingerprint density at radius 1 is 1.38 bits per heavy atom. The molecule has 6 heteroatoms. The van der Waals surface area contributed by atoms with Gasteiger partial charge in [0.25, 0.3) is 5.22 Å². The summed E-state index contributed by atoms with van der Waals surface area (Å²) < 4.78 is 7.57. The third-order valence-corrected chi connectivity index (χ3v) is 4.39. The fraction of sp³-hybridized carbons (Fsp3) is 0.333. The van der Waals surface area contributed by atoms with Crippen LogP contribution in [0.2, 0.25) is 0 Å². The van der Waals surface area contributed by atoms with Gasteiger partial charge in [-0.15, -0.1) is 0 Å². The van der Waals surface area contributed by atoms with Gasteiger partial charge >= 0.3 is 0 Å². The summed E-state index contributed by atoms with van der Waals surface area (Å²) in [5, 5.41) is 5.15. The van der Waals surface area contributed by atoms with Crippen LogP contribution in [0.4, 0.5) is 0 Å². The first kappa shape index (κ1) is 12.9. The number of fused-ring (bicyclic) bond motifs is 1. The van der Waals surface area contributed by atoms with E-state index in [9.17, 15) is 0 Å². The van der Waals surface area contributed by atoms with Crippen LogP contribution in [0, 0.1) is 6.92 Å². The standard InChI is InChI=1S/C15H16N4OS/c1-10-9-20-15(17-10)21-14-12(8-16-11-5-6-11)19-7-3-2-4-13(19)18-14/h2-4,7,9,11,16H,5-6,8H2,1H3. The van der Waals surface area contributed by atoms with Crippen LogP contribution in [-0.2, 0) is 6.54 Å². The minimum absolute atomic E-state index is 0.642. The molecule has 0 spiro atoms. The van der Waals surface area contributed by atoms with Gasteiger partial charge in [-0.25, -0.2) is 9.97 Å². The van der Waals surface area contributed by atoms with Gasteiger partial charge in [0.1, 0.15) is 16.9 Å². The lowest BCUT2D eigenvalue weighted by atomic mass is 10.4. The van der Waals surface area contributed by atoms with E-state index >= 15 is 0 Å². The van der Waals surface area contributed by atoms with E-state index in [0.29, 0.717) is 11.3 Å². The Hall–Kier alpha value is -1.79. The van der Waals surface area contributed by atoms with Gasteiger partial charge in [0.2, 0.25) is 0 Å². The highest BCUT2D eigenvalue weighted by Gasteiger charge is 2.22. The molecule has 108 valence electrons. The Balaban J connectivity index is 1.69. The summed E-state index contributed by atoms with van der Waals surface area (Å²) in [6, 6.07) is 6.72. The molecule has 3 aromatic heterocycles. The summed E-state index contributed by atoms with van der Waals surface area (Å²) in [6.07, 6.45) is 6.27. The summed E-state index contributed by atoms with van der Waals surface area (Å²) in [5.41, 5.74) is 3.01. The van der Waals surface area contributed by atoms with Crippen LogP contribution < -0.4 is 5.32 Å². The van der Waals surface area contributed by atoms with Crippen LogP contribution in [0.1, 0.15) is 24.2 Å². The zero-order valence-electron chi connectivity index (χ0n) is 11.7. The number of aromatic nitrogens is 3. The van der Waals surface area contributed by atoms with Gasteiger partial charge in [-0.05, 0) is 43.7 Å². The number of aryl methyl sites for hydroxylation is 1. The normalized spacial score (nSPS) is 14.9. The van der Waals surface area contributed by atoms with Gasteiger partial charge < -0.3 is 14.1 Å². The molecule has 0 radical (unpaired) electrons. The van der Waals surface area contributed by atoms with Crippen molar-refractivity contribution in [2.45, 2.75) is 42.6 Å². The zero-order valence-corrected chi connectivity index (χ0v) is 12.6. The van der Waals surface area contributed by atoms with Gasteiger partial charge in [0, 0.05) is 18.8 Å². The Bertz CT molecular complexity index is 775. The molecule has 0 saturated heterocycles. The molecule has 0 amide bonds. The maximum atomic E-state index is 5.44. The molecule has 0 aromatic carbocycles. The first-order valence-corrected chi connectivity index (χ1v) is 7.90. The molecule has 1 saturated carbocycles. The van der Waals surface area contributed by atoms with Crippen molar-refractivity contribution in [1.82, 2.24) is 19.7 Å². The van der Waals surface area contributed by atoms with Crippen LogP contribution in [0.25, 0.3) is 5.65 Å². The van der Waals surface area contributed by atoms with Gasteiger partial charge in [-0.3, -0.25) is 0 Å². The highest BCUT2D eigenvalue weighted by molar-refractivity contribution is 7.99. The number of nitrogens with one attached hydrogen (secondary N) is 1. The lowest BCUT2D eigenvalue weighted by Crippen LogP contribution is -2.17. The number of rotatable bonds is 5. The maximum absolute atomic E-state index is 5.44. The van der Waals surface area contributed by atoms with E-state index in [0.717, 1.165) is 22.9 Å². The van der Waals surface area contributed by atoms with Crippen molar-refractivity contribution in [1.29, 1.82) is 0 Å². The van der Waals surface area contributed by atoms with Crippen molar-refractivity contribution in [3.05, 3.63) is 42.0 Å². The highest BCUT2D eigenvalue weighted by atomic mass is 32.2. The molecule has 1 N–H and O–H groups in total. The second kappa shape index (κ2) is 5.20. The predicted molar refractivity (Wildman–Crippen MR) is 80.4 cm³/mol. The molecule has 1 aliphatic rings. The molecule has 0 atom stereocenters. The Morgan fingerprint density at radius 3 is 3.05 bits per heavy atom. The number of imidazole rings is 1. The van der Waals surface area contributed by atoms with E-state index < -0.39 is 0 Å². The number of hydrogen-bond acceptors (Lipinski definition) is 5. The second-order valence-corrected chi connectivity index (χ2v) is 6.24. The summed E-state index contributed by atoms with van der Waals surface area (Å²) in [5.74, 6) is 0. The molecule has 0 bridgehead atoms. The number of hydrogen-bond donors (Lipinski definition) is 1. The molecule has 5 nitrogen and oxygen atoms in total. The largest absolute Gasteiger partial charge is 0.439 e. The van der Waals surface area contributed by atoms with Crippen molar-refractivity contribution in [2.24, 2.45) is 0 Å². The van der Waals surface area contributed by atoms with E-state index in [1.807, 2.05) is 25.1 Å². The van der Waals surface area contributed by atoms with Gasteiger partial charge in [0.05, 0.1) is 11.4 Å². The molecular formula is C15H16N4OS. The second-order valence-electron chi connectivity index (χ2n) is 5.30. The highest BCUT2D eigenvalue weighted by Crippen LogP contribution is 2.30. The fourth-order valence-corrected chi connectivity index (χ4v) is 3.14. The molecule has 3 aromatic rings. The molecule has 0 aliphatic heterocycles. The van der Waals surface area contributed by atoms with Crippen LogP contribution in [0.5, 0.6) is 0 Å². The number of pyridine rings is 1. The summed E-state index contributed by atoms with van der Waals surface area (Å²) in [4.78, 5) is 9.05. The van der Waals surface area contributed by atoms with Crippen LogP contribution in [-0.4, -0.2) is 20.4 Å². The van der Waals surface area contributed by atoms with Crippen LogP contribution in [0.3, 0.4) is 0 Å². The molecule has 0 unspecified atom stereocenters.